The molecule has 0 saturated carbocycles. The molecule has 6 nitrogen and oxygen atoms in total. The number of carbonyl (C=O) groups is 2. The lowest BCUT2D eigenvalue weighted by atomic mass is 9.69. The molecule has 2 saturated heterocycles. The Morgan fingerprint density at radius 2 is 1.57 bits per heavy atom. The van der Waals surface area contributed by atoms with Crippen molar-refractivity contribution >= 4 is 45.7 Å². The summed E-state index contributed by atoms with van der Waals surface area (Å²) in [7, 11) is 0. The number of hydrogen-bond donors (Lipinski definition) is 2. The van der Waals surface area contributed by atoms with Crippen molar-refractivity contribution in [3.8, 4) is 5.75 Å². The molecule has 0 unspecified atom stereocenters. The van der Waals surface area contributed by atoms with Gasteiger partial charge in [0.05, 0.1) is 30.2 Å². The molecule has 2 heterocycles. The predicted octanol–water partition coefficient (Wildman–Crippen LogP) is 9.18. The van der Waals surface area contributed by atoms with Gasteiger partial charge in [0, 0.05) is 22.7 Å². The van der Waals surface area contributed by atoms with Crippen LogP contribution in [0.15, 0.2) is 108 Å². The highest BCUT2D eigenvalue weighted by Gasteiger charge is 2.57. The van der Waals surface area contributed by atoms with Crippen LogP contribution in [0.5, 0.6) is 5.75 Å². The Labute approximate surface area is 276 Å². The van der Waals surface area contributed by atoms with Crippen molar-refractivity contribution in [2.75, 3.05) is 16.8 Å². The van der Waals surface area contributed by atoms with E-state index < -0.39 is 0 Å². The normalized spacial score (nSPS) is 22.6. The maximum atomic E-state index is 14.0. The van der Waals surface area contributed by atoms with Crippen LogP contribution in [0.3, 0.4) is 0 Å². The number of carbonyl (C=O) groups excluding carboxylic acids is 2. The number of phenolic OH excluding ortho intramolecular Hbond substituents is 1. The number of fused-ring (bicyclic) bond motifs is 4. The third kappa shape index (κ3) is 5.87. The van der Waals surface area contributed by atoms with Gasteiger partial charge < -0.3 is 15.2 Å². The molecule has 2 N–H and O–H groups in total. The lowest BCUT2D eigenvalue weighted by Crippen LogP contribution is -2.34. The fourth-order valence-electron chi connectivity index (χ4n) is 8.01. The number of amides is 2. The largest absolute Gasteiger partial charge is 0.507 e. The Kier molecular flexibility index (Phi) is 8.70. The summed E-state index contributed by atoms with van der Waals surface area (Å²) in [6.45, 7) is 4.84. The summed E-state index contributed by atoms with van der Waals surface area (Å²) in [6, 6.07) is 29.2. The molecule has 2 amide bonds. The van der Waals surface area contributed by atoms with Crippen LogP contribution in [0.25, 0.3) is 16.8 Å². The zero-order valence-electron chi connectivity index (χ0n) is 27.1. The number of phenols is 1. The molecule has 0 spiro atoms. The first-order valence-corrected chi connectivity index (χ1v) is 17.0. The molecule has 6 heteroatoms. The van der Waals surface area contributed by atoms with Crippen molar-refractivity contribution in [2.45, 2.75) is 58.5 Å². The van der Waals surface area contributed by atoms with E-state index in [2.05, 4.69) is 31.3 Å². The van der Waals surface area contributed by atoms with E-state index in [9.17, 15) is 14.7 Å². The van der Waals surface area contributed by atoms with Crippen LogP contribution in [0.2, 0.25) is 0 Å². The molecule has 0 bridgehead atoms. The van der Waals surface area contributed by atoms with Crippen LogP contribution in [0.1, 0.15) is 57.9 Å². The Hall–Kier alpha value is -4.68. The Bertz CT molecular complexity index is 1860. The molecule has 3 aliphatic rings. The number of aromatic hydroxyl groups is 1. The number of ether oxygens (including phenoxy) is 1. The van der Waals surface area contributed by atoms with E-state index in [1.54, 1.807) is 6.07 Å². The second-order valence-corrected chi connectivity index (χ2v) is 13.0. The first-order valence-electron chi connectivity index (χ1n) is 17.0. The van der Waals surface area contributed by atoms with Crippen LogP contribution in [0.4, 0.5) is 17.1 Å². The van der Waals surface area contributed by atoms with E-state index in [0.717, 1.165) is 59.8 Å². The molecule has 1 aliphatic carbocycles. The number of benzene rings is 4. The predicted molar refractivity (Wildman–Crippen MR) is 189 cm³/mol. The van der Waals surface area contributed by atoms with Crippen LogP contribution < -0.4 is 10.2 Å². The number of nitrogens with one attached hydrogen (secondary N) is 1. The van der Waals surface area contributed by atoms with Crippen molar-refractivity contribution in [1.82, 2.24) is 0 Å². The van der Waals surface area contributed by atoms with Crippen molar-refractivity contribution < 1.29 is 19.4 Å². The Morgan fingerprint density at radius 1 is 0.851 bits per heavy atom. The number of anilines is 3. The zero-order valence-corrected chi connectivity index (χ0v) is 27.1. The average molecular weight is 627 g/mol. The summed E-state index contributed by atoms with van der Waals surface area (Å²) in [5.74, 6) is -0.676. The van der Waals surface area contributed by atoms with Gasteiger partial charge in [-0.05, 0) is 91.1 Å². The first kappa shape index (κ1) is 30.9. The molecule has 7 rings (SSSR count). The molecule has 47 heavy (non-hydrogen) atoms. The third-order valence-electron chi connectivity index (χ3n) is 10.2. The topological polar surface area (TPSA) is 78.9 Å². The molecule has 2 fully saturated rings. The lowest BCUT2D eigenvalue weighted by Gasteiger charge is -2.31. The maximum Gasteiger partial charge on any atom is 0.238 e. The standard InChI is InChI=1S/C41H42N2O4/c1-3-10-26(23-28-16-21-36(44)33-14-9-8-13-32(28)33)15-22-37-38-27(4-2)24-34-39(35(38)25-47-37)41(46)43(40(34)45)31-19-17-30(18-20-31)42-29-11-6-5-7-12-29/h5-9,11-14,16-21,23,34-35,37,39,42,44H,3-4,10,15,22,24-25H2,1-2H3/b26-23+/t34-,35+,37-,39-/m1/s1. The number of rotatable bonds is 10. The van der Waals surface area contributed by atoms with Gasteiger partial charge >= 0.3 is 0 Å². The van der Waals surface area contributed by atoms with Crippen LogP contribution in [-0.4, -0.2) is 29.6 Å². The van der Waals surface area contributed by atoms with Crippen LogP contribution in [0, 0.1) is 17.8 Å². The van der Waals surface area contributed by atoms with Gasteiger partial charge in [0.15, 0.2) is 0 Å². The fraction of sp³-hybridized carbons (Fsp3) is 0.317. The molecule has 4 aromatic carbocycles. The minimum Gasteiger partial charge on any atom is -0.507 e. The summed E-state index contributed by atoms with van der Waals surface area (Å²) in [5.41, 5.74) is 7.52. The van der Waals surface area contributed by atoms with Gasteiger partial charge in [0.1, 0.15) is 5.75 Å². The average Bonchev–Trinajstić information content (AvgIpc) is 3.63. The highest BCUT2D eigenvalue weighted by Crippen LogP contribution is 2.51. The van der Waals surface area contributed by atoms with Crippen LogP contribution >= 0.6 is 0 Å². The quantitative estimate of drug-likeness (QED) is 0.136. The van der Waals surface area contributed by atoms with Crippen molar-refractivity contribution in [3.05, 3.63) is 113 Å². The van der Waals surface area contributed by atoms with Gasteiger partial charge in [-0.25, -0.2) is 0 Å². The number of nitrogens with zero attached hydrogens (tertiary/aromatic N) is 1. The minimum absolute atomic E-state index is 0.0481. The second kappa shape index (κ2) is 13.2. The monoisotopic (exact) mass is 626 g/mol. The van der Waals surface area contributed by atoms with E-state index in [1.807, 2.05) is 78.9 Å². The summed E-state index contributed by atoms with van der Waals surface area (Å²) in [5, 5.41) is 15.7. The van der Waals surface area contributed by atoms with Gasteiger partial charge in [-0.1, -0.05) is 86.0 Å². The lowest BCUT2D eigenvalue weighted by molar-refractivity contribution is -0.122. The van der Waals surface area contributed by atoms with E-state index in [-0.39, 0.29) is 35.7 Å². The smallest absolute Gasteiger partial charge is 0.238 e. The number of allylic oxidation sites excluding steroid dienone is 2. The van der Waals surface area contributed by atoms with Gasteiger partial charge in [-0.15, -0.1) is 0 Å². The minimum atomic E-state index is -0.381. The fourth-order valence-corrected chi connectivity index (χ4v) is 8.01. The third-order valence-corrected chi connectivity index (χ3v) is 10.2. The van der Waals surface area contributed by atoms with Gasteiger partial charge in [0.2, 0.25) is 11.8 Å². The Morgan fingerprint density at radius 3 is 2.32 bits per heavy atom. The summed E-state index contributed by atoms with van der Waals surface area (Å²) >= 11 is 0. The highest BCUT2D eigenvalue weighted by atomic mass is 16.5. The summed E-state index contributed by atoms with van der Waals surface area (Å²) < 4.78 is 6.49. The molecular weight excluding hydrogens is 584 g/mol. The highest BCUT2D eigenvalue weighted by molar-refractivity contribution is 6.22. The Balaban J connectivity index is 1.09. The molecule has 0 aromatic heterocycles. The number of hydrogen-bond acceptors (Lipinski definition) is 5. The summed E-state index contributed by atoms with van der Waals surface area (Å²) in [4.78, 5) is 29.3. The molecule has 0 radical (unpaired) electrons. The molecular formula is C41H42N2O4. The van der Waals surface area contributed by atoms with E-state index in [0.29, 0.717) is 24.5 Å². The first-order chi connectivity index (χ1) is 23.0. The SMILES string of the molecule is CCC/C(=C\c1ccc(O)c2ccccc12)CC[C@H]1OC[C@H]2C1=C(CC)C[C@H]1C(=O)N(c3ccc(Nc4ccccc4)cc3)C(=O)[C@H]12. The van der Waals surface area contributed by atoms with Crippen LogP contribution in [-0.2, 0) is 14.3 Å². The molecule has 240 valence electrons. The number of imide groups is 1. The summed E-state index contributed by atoms with van der Waals surface area (Å²) in [6.07, 6.45) is 7.46. The number of para-hydroxylation sites is 1. The van der Waals surface area contributed by atoms with Crippen molar-refractivity contribution in [3.63, 3.8) is 0 Å². The van der Waals surface area contributed by atoms with Gasteiger partial charge in [0.25, 0.3) is 0 Å². The van der Waals surface area contributed by atoms with E-state index in [4.69, 9.17) is 4.74 Å². The van der Waals surface area contributed by atoms with Crippen molar-refractivity contribution in [2.24, 2.45) is 17.8 Å². The zero-order chi connectivity index (χ0) is 32.5. The van der Waals surface area contributed by atoms with E-state index in [1.165, 1.54) is 21.6 Å². The molecule has 4 atom stereocenters. The van der Waals surface area contributed by atoms with E-state index >= 15 is 0 Å². The van der Waals surface area contributed by atoms with Gasteiger partial charge in [-0.2, -0.15) is 0 Å². The molecule has 4 aromatic rings. The second-order valence-electron chi connectivity index (χ2n) is 13.0. The van der Waals surface area contributed by atoms with Gasteiger partial charge in [-0.3, -0.25) is 14.5 Å². The maximum absolute atomic E-state index is 14.0. The van der Waals surface area contributed by atoms with Crippen molar-refractivity contribution in [1.29, 1.82) is 0 Å². The molecule has 2 aliphatic heterocycles.